The fourth-order valence-corrected chi connectivity index (χ4v) is 2.99. The molecule has 0 aromatic rings. The Balaban J connectivity index is 1.96. The van der Waals surface area contributed by atoms with Gasteiger partial charge in [-0.2, -0.15) is 0 Å². The van der Waals surface area contributed by atoms with Crippen LogP contribution in [0.15, 0.2) is 0 Å². The van der Waals surface area contributed by atoms with Crippen molar-refractivity contribution in [2.24, 2.45) is 0 Å². The highest BCUT2D eigenvalue weighted by Gasteiger charge is 2.37. The van der Waals surface area contributed by atoms with Crippen LogP contribution in [0.25, 0.3) is 0 Å². The normalized spacial score (nSPS) is 27.0. The molecule has 17 heavy (non-hydrogen) atoms. The van der Waals surface area contributed by atoms with E-state index in [-0.39, 0.29) is 12.1 Å². The lowest BCUT2D eigenvalue weighted by atomic mass is 10.0. The van der Waals surface area contributed by atoms with Crippen molar-refractivity contribution in [1.29, 1.82) is 0 Å². The van der Waals surface area contributed by atoms with Gasteiger partial charge >= 0.3 is 6.09 Å². The minimum Gasteiger partial charge on any atom is -0.447 e. The summed E-state index contributed by atoms with van der Waals surface area (Å²) in [6, 6.07) is 0.715. The fraction of sp³-hybridized carbons (Fsp3) is 0.923. The first-order valence-electron chi connectivity index (χ1n) is 6.92. The van der Waals surface area contributed by atoms with E-state index < -0.39 is 0 Å². The van der Waals surface area contributed by atoms with Crippen LogP contribution in [0, 0.1) is 0 Å². The van der Waals surface area contributed by atoms with Crippen molar-refractivity contribution in [2.75, 3.05) is 20.2 Å². The van der Waals surface area contributed by atoms with E-state index in [1.165, 1.54) is 25.7 Å². The van der Waals surface area contributed by atoms with E-state index in [2.05, 4.69) is 5.32 Å². The lowest BCUT2D eigenvalue weighted by Crippen LogP contribution is -2.43. The third-order valence-corrected chi connectivity index (χ3v) is 3.95. The molecular weight excluding hydrogens is 216 g/mol. The Morgan fingerprint density at radius 3 is 2.65 bits per heavy atom. The Bertz CT molecular complexity index is 250. The van der Waals surface area contributed by atoms with Crippen LogP contribution in [-0.4, -0.2) is 43.3 Å². The second-order valence-electron chi connectivity index (χ2n) is 5.18. The third-order valence-electron chi connectivity index (χ3n) is 3.95. The maximum absolute atomic E-state index is 11.8. The lowest BCUT2D eigenvalue weighted by molar-refractivity contribution is 0.138. The Labute approximate surface area is 104 Å². The number of ether oxygens (including phenoxy) is 1. The zero-order chi connectivity index (χ0) is 12.1. The number of nitrogens with zero attached hydrogens (tertiary/aromatic N) is 1. The highest BCUT2D eigenvalue weighted by atomic mass is 16.6. The SMILES string of the molecule is CNCCC1COC(=O)N1C1CCCCCC1. The molecule has 1 atom stereocenters. The molecule has 4 heteroatoms. The Morgan fingerprint density at radius 1 is 1.29 bits per heavy atom. The molecule has 2 rings (SSSR count). The summed E-state index contributed by atoms with van der Waals surface area (Å²) in [4.78, 5) is 13.9. The Hall–Kier alpha value is -0.770. The topological polar surface area (TPSA) is 41.6 Å². The molecule has 0 aromatic carbocycles. The van der Waals surface area contributed by atoms with Crippen LogP contribution >= 0.6 is 0 Å². The van der Waals surface area contributed by atoms with E-state index >= 15 is 0 Å². The Morgan fingerprint density at radius 2 is 2.00 bits per heavy atom. The molecule has 0 spiro atoms. The first kappa shape index (κ1) is 12.7. The van der Waals surface area contributed by atoms with Crippen molar-refractivity contribution in [1.82, 2.24) is 10.2 Å². The summed E-state index contributed by atoms with van der Waals surface area (Å²) < 4.78 is 5.23. The zero-order valence-corrected chi connectivity index (χ0v) is 10.8. The van der Waals surface area contributed by atoms with Crippen molar-refractivity contribution >= 4 is 6.09 Å². The van der Waals surface area contributed by atoms with Gasteiger partial charge in [0.2, 0.25) is 0 Å². The summed E-state index contributed by atoms with van der Waals surface area (Å²) in [6.45, 7) is 1.53. The van der Waals surface area contributed by atoms with Gasteiger partial charge in [0.15, 0.2) is 0 Å². The number of nitrogens with one attached hydrogen (secondary N) is 1. The van der Waals surface area contributed by atoms with Crippen molar-refractivity contribution in [3.63, 3.8) is 0 Å². The molecule has 1 aliphatic carbocycles. The monoisotopic (exact) mass is 240 g/mol. The smallest absolute Gasteiger partial charge is 0.410 e. The number of hydrogen-bond donors (Lipinski definition) is 1. The Kier molecular flexibility index (Phi) is 4.66. The first-order valence-corrected chi connectivity index (χ1v) is 6.92. The van der Waals surface area contributed by atoms with Gasteiger partial charge in [0.05, 0.1) is 6.04 Å². The number of hydrogen-bond acceptors (Lipinski definition) is 3. The van der Waals surface area contributed by atoms with Crippen LogP contribution in [0.1, 0.15) is 44.9 Å². The van der Waals surface area contributed by atoms with Crippen LogP contribution in [0.3, 0.4) is 0 Å². The van der Waals surface area contributed by atoms with E-state index in [4.69, 9.17) is 4.74 Å². The largest absolute Gasteiger partial charge is 0.447 e. The predicted molar refractivity (Wildman–Crippen MR) is 67.0 cm³/mol. The van der Waals surface area contributed by atoms with E-state index in [1.807, 2.05) is 11.9 Å². The lowest BCUT2D eigenvalue weighted by Gasteiger charge is -2.30. The van der Waals surface area contributed by atoms with Gasteiger partial charge in [-0.3, -0.25) is 4.90 Å². The minimum atomic E-state index is -0.0852. The summed E-state index contributed by atoms with van der Waals surface area (Å²) in [7, 11) is 1.95. The van der Waals surface area contributed by atoms with Crippen molar-refractivity contribution in [3.8, 4) is 0 Å². The molecule has 0 bridgehead atoms. The van der Waals surface area contributed by atoms with Crippen LogP contribution in [0.2, 0.25) is 0 Å². The number of amides is 1. The molecular formula is C13H24N2O2. The molecule has 98 valence electrons. The number of cyclic esters (lactones) is 1. The zero-order valence-electron chi connectivity index (χ0n) is 10.8. The van der Waals surface area contributed by atoms with Crippen LogP contribution in [-0.2, 0) is 4.74 Å². The van der Waals surface area contributed by atoms with Crippen molar-refractivity contribution < 1.29 is 9.53 Å². The van der Waals surface area contributed by atoms with Crippen molar-refractivity contribution in [2.45, 2.75) is 57.0 Å². The molecule has 1 amide bonds. The maximum Gasteiger partial charge on any atom is 0.410 e. The van der Waals surface area contributed by atoms with Gasteiger partial charge in [-0.05, 0) is 32.9 Å². The molecule has 1 unspecified atom stereocenters. The predicted octanol–water partition coefficient (Wildman–Crippen LogP) is 2.14. The molecule has 1 saturated carbocycles. The number of carbonyl (C=O) groups excluding carboxylic acids is 1. The molecule has 0 radical (unpaired) electrons. The van der Waals surface area contributed by atoms with Gasteiger partial charge in [0.1, 0.15) is 6.61 Å². The molecule has 2 aliphatic rings. The van der Waals surface area contributed by atoms with E-state index in [0.717, 1.165) is 25.8 Å². The second kappa shape index (κ2) is 6.24. The van der Waals surface area contributed by atoms with E-state index in [0.29, 0.717) is 12.6 Å². The van der Waals surface area contributed by atoms with Crippen LogP contribution in [0.5, 0.6) is 0 Å². The second-order valence-corrected chi connectivity index (χ2v) is 5.18. The third kappa shape index (κ3) is 3.12. The minimum absolute atomic E-state index is 0.0852. The van der Waals surface area contributed by atoms with E-state index in [1.54, 1.807) is 0 Å². The van der Waals surface area contributed by atoms with Crippen molar-refractivity contribution in [3.05, 3.63) is 0 Å². The average molecular weight is 240 g/mol. The number of carbonyl (C=O) groups is 1. The maximum atomic E-state index is 11.8. The van der Waals surface area contributed by atoms with Gasteiger partial charge in [0, 0.05) is 6.04 Å². The summed E-state index contributed by atoms with van der Waals surface area (Å²) in [5.41, 5.74) is 0. The number of rotatable bonds is 4. The summed E-state index contributed by atoms with van der Waals surface area (Å²) in [6.07, 6.45) is 8.38. The highest BCUT2D eigenvalue weighted by Crippen LogP contribution is 2.27. The fourth-order valence-electron chi connectivity index (χ4n) is 2.99. The van der Waals surface area contributed by atoms with Crippen LogP contribution in [0.4, 0.5) is 4.79 Å². The van der Waals surface area contributed by atoms with Gasteiger partial charge < -0.3 is 10.1 Å². The highest BCUT2D eigenvalue weighted by molar-refractivity contribution is 5.70. The summed E-state index contributed by atoms with van der Waals surface area (Å²) in [5, 5.41) is 3.15. The molecule has 1 aliphatic heterocycles. The van der Waals surface area contributed by atoms with Gasteiger partial charge in [0.25, 0.3) is 0 Å². The van der Waals surface area contributed by atoms with Gasteiger partial charge in [-0.1, -0.05) is 25.7 Å². The molecule has 1 heterocycles. The van der Waals surface area contributed by atoms with Gasteiger partial charge in [-0.25, -0.2) is 4.79 Å². The quantitative estimate of drug-likeness (QED) is 0.765. The molecule has 1 N–H and O–H groups in total. The van der Waals surface area contributed by atoms with Crippen LogP contribution < -0.4 is 5.32 Å². The van der Waals surface area contributed by atoms with Gasteiger partial charge in [-0.15, -0.1) is 0 Å². The molecule has 0 aromatic heterocycles. The summed E-state index contributed by atoms with van der Waals surface area (Å²) in [5.74, 6) is 0. The molecule has 1 saturated heterocycles. The summed E-state index contributed by atoms with van der Waals surface area (Å²) >= 11 is 0. The average Bonchev–Trinajstić information content (AvgIpc) is 2.57. The molecule has 2 fully saturated rings. The molecule has 4 nitrogen and oxygen atoms in total. The first-order chi connectivity index (χ1) is 8.33. The van der Waals surface area contributed by atoms with E-state index in [9.17, 15) is 4.79 Å². The standard InChI is InChI=1S/C13H24N2O2/c1-14-9-8-12-10-17-13(16)15(12)11-6-4-2-3-5-7-11/h11-12,14H,2-10H2,1H3.